The van der Waals surface area contributed by atoms with Crippen LogP contribution in [-0.2, 0) is 9.59 Å². The number of hydrogen-bond acceptors (Lipinski definition) is 2. The van der Waals surface area contributed by atoms with E-state index in [2.05, 4.69) is 26.1 Å². The third-order valence-electron chi connectivity index (χ3n) is 3.79. The summed E-state index contributed by atoms with van der Waals surface area (Å²) in [4.78, 5) is 26.0. The number of amides is 2. The Labute approximate surface area is 123 Å². The first kappa shape index (κ1) is 17.0. The summed E-state index contributed by atoms with van der Waals surface area (Å²) in [5, 5.41) is 2.87. The summed E-state index contributed by atoms with van der Waals surface area (Å²) in [5.41, 5.74) is 0. The highest BCUT2D eigenvalue weighted by molar-refractivity contribution is 5.89. The zero-order chi connectivity index (χ0) is 15.0. The Morgan fingerprint density at radius 2 is 1.90 bits per heavy atom. The predicted octanol–water partition coefficient (Wildman–Crippen LogP) is 2.72. The van der Waals surface area contributed by atoms with E-state index in [-0.39, 0.29) is 17.9 Å². The molecule has 1 unspecified atom stereocenters. The highest BCUT2D eigenvalue weighted by Crippen LogP contribution is 2.13. The maximum atomic E-state index is 12.5. The molecule has 0 aliphatic carbocycles. The van der Waals surface area contributed by atoms with Gasteiger partial charge in [0.1, 0.15) is 6.04 Å². The number of rotatable bonds is 8. The molecule has 0 bridgehead atoms. The highest BCUT2D eigenvalue weighted by Gasteiger charge is 2.29. The molecule has 0 saturated carbocycles. The molecule has 1 N–H and O–H groups in total. The second kappa shape index (κ2) is 8.98. The molecule has 1 aliphatic rings. The molecule has 1 fully saturated rings. The van der Waals surface area contributed by atoms with Crippen molar-refractivity contribution >= 4 is 11.8 Å². The highest BCUT2D eigenvalue weighted by atomic mass is 16.2. The van der Waals surface area contributed by atoms with Crippen LogP contribution in [-0.4, -0.2) is 35.8 Å². The predicted molar refractivity (Wildman–Crippen MR) is 81.3 cm³/mol. The fourth-order valence-corrected chi connectivity index (χ4v) is 2.65. The lowest BCUT2D eigenvalue weighted by Crippen LogP contribution is -2.45. The molecule has 0 aromatic carbocycles. The Kier molecular flexibility index (Phi) is 7.63. The van der Waals surface area contributed by atoms with Crippen molar-refractivity contribution in [2.75, 3.05) is 13.1 Å². The van der Waals surface area contributed by atoms with Crippen LogP contribution in [0.15, 0.2) is 0 Å². The number of hydrogen-bond donors (Lipinski definition) is 1. The molecule has 2 amide bonds. The summed E-state index contributed by atoms with van der Waals surface area (Å²) in [7, 11) is 0. The Bertz CT molecular complexity index is 316. The molecule has 0 aromatic heterocycles. The zero-order valence-corrected chi connectivity index (χ0v) is 13.3. The maximum absolute atomic E-state index is 12.5. The van der Waals surface area contributed by atoms with Crippen LogP contribution in [0.5, 0.6) is 0 Å². The van der Waals surface area contributed by atoms with E-state index >= 15 is 0 Å². The van der Waals surface area contributed by atoms with Crippen molar-refractivity contribution in [1.82, 2.24) is 10.2 Å². The summed E-state index contributed by atoms with van der Waals surface area (Å²) in [6.45, 7) is 7.74. The van der Waals surface area contributed by atoms with Crippen molar-refractivity contribution in [3.63, 3.8) is 0 Å². The van der Waals surface area contributed by atoms with E-state index in [1.54, 1.807) is 0 Å². The number of unbranched alkanes of at least 4 members (excludes halogenated alkanes) is 4. The molecule has 1 aliphatic heterocycles. The number of nitrogens with one attached hydrogen (secondary N) is 1. The summed E-state index contributed by atoms with van der Waals surface area (Å²) in [5.74, 6) is 0.534. The first-order valence-electron chi connectivity index (χ1n) is 8.12. The molecule has 4 heteroatoms. The van der Waals surface area contributed by atoms with Crippen molar-refractivity contribution in [3.8, 4) is 0 Å². The SMILES string of the molecule is CCCCCCCN1CCC(=O)NC(CC(C)C)C1=O. The van der Waals surface area contributed by atoms with E-state index in [9.17, 15) is 9.59 Å². The van der Waals surface area contributed by atoms with E-state index < -0.39 is 0 Å². The molecule has 1 saturated heterocycles. The fourth-order valence-electron chi connectivity index (χ4n) is 2.65. The monoisotopic (exact) mass is 282 g/mol. The maximum Gasteiger partial charge on any atom is 0.245 e. The quantitative estimate of drug-likeness (QED) is 0.696. The van der Waals surface area contributed by atoms with E-state index in [0.717, 1.165) is 19.4 Å². The molecule has 1 rings (SSSR count). The first-order chi connectivity index (χ1) is 9.54. The van der Waals surface area contributed by atoms with Crippen LogP contribution in [0.1, 0.15) is 65.7 Å². The van der Waals surface area contributed by atoms with Gasteiger partial charge in [-0.05, 0) is 18.8 Å². The number of carbonyl (C=O) groups excluding carboxylic acids is 2. The van der Waals surface area contributed by atoms with Gasteiger partial charge in [0.2, 0.25) is 11.8 Å². The van der Waals surface area contributed by atoms with E-state index in [1.165, 1.54) is 25.7 Å². The van der Waals surface area contributed by atoms with Crippen LogP contribution >= 0.6 is 0 Å². The Balaban J connectivity index is 2.47. The smallest absolute Gasteiger partial charge is 0.245 e. The van der Waals surface area contributed by atoms with Gasteiger partial charge in [-0.3, -0.25) is 9.59 Å². The summed E-state index contributed by atoms with van der Waals surface area (Å²) in [6, 6.07) is -0.319. The molecule has 0 aromatic rings. The molecule has 116 valence electrons. The van der Waals surface area contributed by atoms with Crippen molar-refractivity contribution in [2.24, 2.45) is 5.92 Å². The normalized spacial score (nSPS) is 20.2. The Morgan fingerprint density at radius 3 is 2.55 bits per heavy atom. The topological polar surface area (TPSA) is 49.4 Å². The third-order valence-corrected chi connectivity index (χ3v) is 3.79. The van der Waals surface area contributed by atoms with Crippen LogP contribution in [0.25, 0.3) is 0 Å². The number of carbonyl (C=O) groups is 2. The van der Waals surface area contributed by atoms with Gasteiger partial charge in [0, 0.05) is 19.5 Å². The van der Waals surface area contributed by atoms with E-state index in [1.807, 2.05) is 4.90 Å². The average molecular weight is 282 g/mol. The summed E-state index contributed by atoms with van der Waals surface area (Å²) >= 11 is 0. The van der Waals surface area contributed by atoms with Gasteiger partial charge in [0.25, 0.3) is 0 Å². The van der Waals surface area contributed by atoms with Crippen LogP contribution < -0.4 is 5.32 Å². The molecular weight excluding hydrogens is 252 g/mol. The molecule has 1 atom stereocenters. The minimum Gasteiger partial charge on any atom is -0.344 e. The second-order valence-corrected chi connectivity index (χ2v) is 6.24. The lowest BCUT2D eigenvalue weighted by molar-refractivity contribution is -0.134. The van der Waals surface area contributed by atoms with Crippen LogP contribution in [0, 0.1) is 5.92 Å². The lowest BCUT2D eigenvalue weighted by atomic mass is 10.0. The lowest BCUT2D eigenvalue weighted by Gasteiger charge is -2.25. The van der Waals surface area contributed by atoms with E-state index in [0.29, 0.717) is 18.9 Å². The molecule has 4 nitrogen and oxygen atoms in total. The van der Waals surface area contributed by atoms with Gasteiger partial charge in [0.15, 0.2) is 0 Å². The molecule has 20 heavy (non-hydrogen) atoms. The summed E-state index contributed by atoms with van der Waals surface area (Å²) < 4.78 is 0. The minimum atomic E-state index is -0.319. The first-order valence-corrected chi connectivity index (χ1v) is 8.12. The Morgan fingerprint density at radius 1 is 1.20 bits per heavy atom. The van der Waals surface area contributed by atoms with Crippen LogP contribution in [0.3, 0.4) is 0 Å². The van der Waals surface area contributed by atoms with Gasteiger partial charge in [-0.25, -0.2) is 0 Å². The zero-order valence-electron chi connectivity index (χ0n) is 13.3. The van der Waals surface area contributed by atoms with Gasteiger partial charge < -0.3 is 10.2 Å². The van der Waals surface area contributed by atoms with Gasteiger partial charge in [0.05, 0.1) is 0 Å². The van der Waals surface area contributed by atoms with Crippen molar-refractivity contribution in [2.45, 2.75) is 71.8 Å². The number of nitrogens with zero attached hydrogens (tertiary/aromatic N) is 1. The fraction of sp³-hybridized carbons (Fsp3) is 0.875. The molecule has 0 spiro atoms. The molecular formula is C16H30N2O2. The van der Waals surface area contributed by atoms with Crippen LogP contribution in [0.4, 0.5) is 0 Å². The van der Waals surface area contributed by atoms with Gasteiger partial charge in [-0.1, -0.05) is 46.5 Å². The standard InChI is InChI=1S/C16H30N2O2/c1-4-5-6-7-8-10-18-11-9-15(19)17-14(16(18)20)12-13(2)3/h13-14H,4-12H2,1-3H3,(H,17,19). The summed E-state index contributed by atoms with van der Waals surface area (Å²) in [6.07, 6.45) is 7.14. The van der Waals surface area contributed by atoms with E-state index in [4.69, 9.17) is 0 Å². The largest absolute Gasteiger partial charge is 0.344 e. The average Bonchev–Trinajstić information content (AvgIpc) is 2.51. The van der Waals surface area contributed by atoms with Crippen molar-refractivity contribution in [1.29, 1.82) is 0 Å². The van der Waals surface area contributed by atoms with Crippen LogP contribution in [0.2, 0.25) is 0 Å². The molecule has 0 radical (unpaired) electrons. The van der Waals surface area contributed by atoms with Gasteiger partial charge >= 0.3 is 0 Å². The third kappa shape index (κ3) is 5.93. The van der Waals surface area contributed by atoms with Gasteiger partial charge in [-0.15, -0.1) is 0 Å². The van der Waals surface area contributed by atoms with Gasteiger partial charge in [-0.2, -0.15) is 0 Å². The minimum absolute atomic E-state index is 0.0116. The molecule has 1 heterocycles. The van der Waals surface area contributed by atoms with Crippen molar-refractivity contribution in [3.05, 3.63) is 0 Å². The second-order valence-electron chi connectivity index (χ2n) is 6.24. The van der Waals surface area contributed by atoms with Crippen molar-refractivity contribution < 1.29 is 9.59 Å². The Hall–Kier alpha value is -1.06.